The smallest absolute Gasteiger partial charge is 0.407 e. The van der Waals surface area contributed by atoms with Crippen LogP contribution in [0.25, 0.3) is 0 Å². The molecule has 0 aromatic rings. The van der Waals surface area contributed by atoms with Gasteiger partial charge < -0.3 is 15.0 Å². The Balaban J connectivity index is 2.90. The van der Waals surface area contributed by atoms with Gasteiger partial charge in [-0.1, -0.05) is 46.3 Å². The highest BCUT2D eigenvalue weighted by Crippen LogP contribution is 2.29. The summed E-state index contributed by atoms with van der Waals surface area (Å²) >= 11 is 0. The molecule has 3 atom stereocenters. The highest BCUT2D eigenvalue weighted by Gasteiger charge is 2.38. The normalized spacial score (nSPS) is 21.3. The van der Waals surface area contributed by atoms with Crippen LogP contribution in [0, 0.1) is 11.8 Å². The second-order valence-electron chi connectivity index (χ2n) is 6.23. The van der Waals surface area contributed by atoms with Crippen LogP contribution in [0.1, 0.15) is 40.5 Å². The zero-order chi connectivity index (χ0) is 16.2. The Labute approximate surface area is 127 Å². The third-order valence-electron chi connectivity index (χ3n) is 4.27. The van der Waals surface area contributed by atoms with Crippen molar-refractivity contribution >= 4 is 12.0 Å². The Morgan fingerprint density at radius 1 is 1.43 bits per heavy atom. The Bertz CT molecular complexity index is 406. The Kier molecular flexibility index (Phi) is 6.24. The summed E-state index contributed by atoms with van der Waals surface area (Å²) in [6, 6.07) is -0.384. The highest BCUT2D eigenvalue weighted by atomic mass is 16.5. The van der Waals surface area contributed by atoms with Crippen LogP contribution in [-0.2, 0) is 9.53 Å². The summed E-state index contributed by atoms with van der Waals surface area (Å²) in [5, 5.41) is 2.65. The van der Waals surface area contributed by atoms with E-state index in [1.165, 1.54) is 7.11 Å². The maximum absolute atomic E-state index is 12.8. The molecule has 2 amide bonds. The third-order valence-corrected chi connectivity index (χ3v) is 4.27. The van der Waals surface area contributed by atoms with E-state index < -0.39 is 12.1 Å². The van der Waals surface area contributed by atoms with E-state index in [4.69, 9.17) is 0 Å². The van der Waals surface area contributed by atoms with Crippen molar-refractivity contribution in [2.24, 2.45) is 11.8 Å². The van der Waals surface area contributed by atoms with Crippen LogP contribution in [0.5, 0.6) is 0 Å². The topological polar surface area (TPSA) is 58.6 Å². The number of rotatable bonds is 5. The van der Waals surface area contributed by atoms with Gasteiger partial charge in [-0.25, -0.2) is 4.79 Å². The fourth-order valence-corrected chi connectivity index (χ4v) is 2.73. The molecule has 0 radical (unpaired) electrons. The van der Waals surface area contributed by atoms with Gasteiger partial charge in [-0.3, -0.25) is 4.79 Å². The van der Waals surface area contributed by atoms with Crippen molar-refractivity contribution in [3.8, 4) is 0 Å². The van der Waals surface area contributed by atoms with Gasteiger partial charge in [0.1, 0.15) is 6.04 Å². The van der Waals surface area contributed by atoms with Crippen LogP contribution in [0.15, 0.2) is 12.2 Å². The van der Waals surface area contributed by atoms with E-state index in [2.05, 4.69) is 30.5 Å². The average molecular weight is 296 g/mol. The number of nitrogens with zero attached hydrogens (tertiary/aromatic N) is 1. The lowest BCUT2D eigenvalue weighted by Gasteiger charge is -2.33. The molecule has 1 saturated heterocycles. The zero-order valence-electron chi connectivity index (χ0n) is 13.8. The molecule has 1 aliphatic heterocycles. The van der Waals surface area contributed by atoms with E-state index in [9.17, 15) is 9.59 Å². The SMILES string of the molecule is C=C1CC([C@@H](C)CC)N(C(=O)[C@@H](NC(=O)OC)C(C)C)C1. The van der Waals surface area contributed by atoms with Gasteiger partial charge in [0.2, 0.25) is 5.91 Å². The lowest BCUT2D eigenvalue weighted by molar-refractivity contribution is -0.136. The molecule has 0 aliphatic carbocycles. The number of ether oxygens (including phenoxy) is 1. The van der Waals surface area contributed by atoms with E-state index in [1.54, 1.807) is 0 Å². The summed E-state index contributed by atoms with van der Waals surface area (Å²) in [5.41, 5.74) is 1.08. The van der Waals surface area contributed by atoms with Crippen molar-refractivity contribution in [2.45, 2.75) is 52.6 Å². The minimum atomic E-state index is -0.569. The van der Waals surface area contributed by atoms with Crippen LogP contribution < -0.4 is 5.32 Å². The first-order valence-electron chi connectivity index (χ1n) is 7.63. The van der Waals surface area contributed by atoms with Gasteiger partial charge >= 0.3 is 6.09 Å². The molecule has 0 bridgehead atoms. The highest BCUT2D eigenvalue weighted by molar-refractivity contribution is 5.86. The van der Waals surface area contributed by atoms with Crippen molar-refractivity contribution in [2.75, 3.05) is 13.7 Å². The number of carbonyl (C=O) groups excluding carboxylic acids is 2. The van der Waals surface area contributed by atoms with Crippen LogP contribution >= 0.6 is 0 Å². The number of alkyl carbamates (subject to hydrolysis) is 1. The summed E-state index contributed by atoms with van der Waals surface area (Å²) in [6.07, 6.45) is 1.29. The van der Waals surface area contributed by atoms with Crippen molar-refractivity contribution < 1.29 is 14.3 Å². The molecule has 1 N–H and O–H groups in total. The standard InChI is InChI=1S/C16H28N2O3/c1-7-12(5)13-8-11(4)9-18(13)15(19)14(10(2)3)17-16(20)21-6/h10,12-14H,4,7-9H2,1-3,5-6H3,(H,17,20)/t12-,13?,14-/m0/s1. The quantitative estimate of drug-likeness (QED) is 0.793. The molecule has 0 saturated carbocycles. The number of hydrogen-bond donors (Lipinski definition) is 1. The van der Waals surface area contributed by atoms with E-state index in [0.29, 0.717) is 12.5 Å². The molecule has 0 aromatic carbocycles. The summed E-state index contributed by atoms with van der Waals surface area (Å²) in [4.78, 5) is 26.2. The maximum atomic E-state index is 12.8. The number of hydrogen-bond acceptors (Lipinski definition) is 3. The first-order valence-corrected chi connectivity index (χ1v) is 7.63. The van der Waals surface area contributed by atoms with E-state index in [0.717, 1.165) is 18.4 Å². The van der Waals surface area contributed by atoms with Crippen molar-refractivity contribution in [3.05, 3.63) is 12.2 Å². The second-order valence-corrected chi connectivity index (χ2v) is 6.23. The molecule has 1 aliphatic rings. The van der Waals surface area contributed by atoms with E-state index in [-0.39, 0.29) is 17.9 Å². The summed E-state index contributed by atoms with van der Waals surface area (Å²) in [7, 11) is 1.30. The van der Waals surface area contributed by atoms with Crippen molar-refractivity contribution in [3.63, 3.8) is 0 Å². The first kappa shape index (κ1) is 17.5. The number of nitrogens with one attached hydrogen (secondary N) is 1. The van der Waals surface area contributed by atoms with E-state index in [1.807, 2.05) is 18.7 Å². The van der Waals surface area contributed by atoms with Gasteiger partial charge in [0, 0.05) is 12.6 Å². The minimum Gasteiger partial charge on any atom is -0.453 e. The molecule has 5 nitrogen and oxygen atoms in total. The maximum Gasteiger partial charge on any atom is 0.407 e. The summed E-state index contributed by atoms with van der Waals surface area (Å²) in [5.74, 6) is 0.376. The lowest BCUT2D eigenvalue weighted by Crippen LogP contribution is -2.53. The first-order chi connectivity index (χ1) is 9.81. The van der Waals surface area contributed by atoms with Gasteiger partial charge in [-0.05, 0) is 18.3 Å². The van der Waals surface area contributed by atoms with Crippen LogP contribution in [0.4, 0.5) is 4.79 Å². The number of likely N-dealkylation sites (tertiary alicyclic amines) is 1. The van der Waals surface area contributed by atoms with Gasteiger partial charge in [0.05, 0.1) is 7.11 Å². The van der Waals surface area contributed by atoms with Gasteiger partial charge in [-0.2, -0.15) is 0 Å². The second kappa shape index (κ2) is 7.48. The monoisotopic (exact) mass is 296 g/mol. The van der Waals surface area contributed by atoms with Crippen molar-refractivity contribution in [1.29, 1.82) is 0 Å². The van der Waals surface area contributed by atoms with E-state index >= 15 is 0 Å². The molecule has 1 rings (SSSR count). The van der Waals surface area contributed by atoms with Crippen LogP contribution in [0.3, 0.4) is 0 Å². The predicted octanol–water partition coefficient (Wildman–Crippen LogP) is 2.57. The number of carbonyl (C=O) groups is 2. The minimum absolute atomic E-state index is 0.00282. The molecule has 5 heteroatoms. The Hall–Kier alpha value is -1.52. The molecular formula is C16H28N2O3. The Morgan fingerprint density at radius 3 is 2.52 bits per heavy atom. The summed E-state index contributed by atoms with van der Waals surface area (Å²) < 4.78 is 4.62. The lowest BCUT2D eigenvalue weighted by atomic mass is 9.95. The van der Waals surface area contributed by atoms with Gasteiger partial charge in [0.15, 0.2) is 0 Å². The van der Waals surface area contributed by atoms with Gasteiger partial charge in [-0.15, -0.1) is 0 Å². The van der Waals surface area contributed by atoms with Crippen LogP contribution in [-0.4, -0.2) is 42.6 Å². The molecule has 21 heavy (non-hydrogen) atoms. The fraction of sp³-hybridized carbons (Fsp3) is 0.750. The average Bonchev–Trinajstić information content (AvgIpc) is 2.84. The molecule has 1 fully saturated rings. The fourth-order valence-electron chi connectivity index (χ4n) is 2.73. The molecule has 0 aromatic heterocycles. The van der Waals surface area contributed by atoms with Gasteiger partial charge in [0.25, 0.3) is 0 Å². The summed E-state index contributed by atoms with van der Waals surface area (Å²) in [6.45, 7) is 12.7. The third kappa shape index (κ3) is 4.22. The molecule has 120 valence electrons. The number of amides is 2. The molecule has 1 heterocycles. The molecule has 1 unspecified atom stereocenters. The Morgan fingerprint density at radius 2 is 2.05 bits per heavy atom. The largest absolute Gasteiger partial charge is 0.453 e. The molecule has 0 spiro atoms. The predicted molar refractivity (Wildman–Crippen MR) is 82.9 cm³/mol. The van der Waals surface area contributed by atoms with Crippen LogP contribution in [0.2, 0.25) is 0 Å². The van der Waals surface area contributed by atoms with Crippen molar-refractivity contribution in [1.82, 2.24) is 10.2 Å². The molecular weight excluding hydrogens is 268 g/mol. The zero-order valence-corrected chi connectivity index (χ0v) is 13.8. The number of methoxy groups -OCH3 is 1.